The molecule has 1 aromatic carbocycles. The summed E-state index contributed by atoms with van der Waals surface area (Å²) in [6, 6.07) is 12.6. The van der Waals surface area contributed by atoms with Crippen LogP contribution in [-0.4, -0.2) is 50.8 Å². The molecule has 4 amide bonds. The zero-order valence-corrected chi connectivity index (χ0v) is 19.5. The van der Waals surface area contributed by atoms with E-state index in [1.807, 2.05) is 37.3 Å². The van der Waals surface area contributed by atoms with Gasteiger partial charge in [0, 0.05) is 25.6 Å². The summed E-state index contributed by atoms with van der Waals surface area (Å²) in [5, 5.41) is 2.91. The number of likely N-dealkylation sites (N-methyl/N-ethyl adjacent to an activating group) is 1. The van der Waals surface area contributed by atoms with Gasteiger partial charge in [-0.1, -0.05) is 37.3 Å². The van der Waals surface area contributed by atoms with Gasteiger partial charge in [0.15, 0.2) is 0 Å². The number of nitrogens with zero attached hydrogens (tertiary/aromatic N) is 5. The lowest BCUT2D eigenvalue weighted by Crippen LogP contribution is -2.70. The van der Waals surface area contributed by atoms with Crippen molar-refractivity contribution in [3.05, 3.63) is 78.2 Å². The van der Waals surface area contributed by atoms with E-state index < -0.39 is 29.8 Å². The first-order valence-corrected chi connectivity index (χ1v) is 11.3. The number of rotatable bonds is 7. The number of nitrogens with two attached hydrogens (primary N) is 1. The summed E-state index contributed by atoms with van der Waals surface area (Å²) in [5.74, 6) is -1.12. The number of likely N-dealkylation sites (tertiary alicyclic amines) is 1. The van der Waals surface area contributed by atoms with Gasteiger partial charge in [-0.25, -0.2) is 19.7 Å². The van der Waals surface area contributed by atoms with Crippen molar-refractivity contribution in [1.29, 1.82) is 0 Å². The number of nitrogens with one attached hydrogen (secondary N) is 1. The highest BCUT2D eigenvalue weighted by Gasteiger charge is 2.55. The van der Waals surface area contributed by atoms with Gasteiger partial charge < -0.3 is 11.1 Å². The molecule has 180 valence electrons. The van der Waals surface area contributed by atoms with Crippen molar-refractivity contribution >= 4 is 29.6 Å². The number of β-lactam (4-membered cyclic amide) rings is 1. The minimum absolute atomic E-state index is 0.180. The number of anilines is 2. The van der Waals surface area contributed by atoms with Crippen molar-refractivity contribution in [2.45, 2.75) is 31.8 Å². The molecule has 1 aliphatic heterocycles. The largest absolute Gasteiger partial charge is 0.384 e. The Labute approximate surface area is 203 Å². The van der Waals surface area contributed by atoms with E-state index in [0.717, 1.165) is 16.0 Å². The standard InChI is InChI=1S/C25H27N7O3/c1-3-19(17-8-5-4-6-9-17)30-25(35)32-21(23(34)31(2)24-28-11-7-12-29-24)18(22(32)33)14-16-10-13-27-20(26)15-16/h4-13,15,18-19,21H,3,14H2,1-2H3,(H2,26,27)(H,30,35)/t18-,19-,21+/m1/s1. The van der Waals surface area contributed by atoms with Crippen LogP contribution in [0.15, 0.2) is 67.1 Å². The quantitative estimate of drug-likeness (QED) is 0.503. The molecule has 3 aromatic rings. The van der Waals surface area contributed by atoms with E-state index >= 15 is 0 Å². The number of carbonyl (C=O) groups excluding carboxylic acids is 3. The molecule has 2 aromatic heterocycles. The second-order valence-corrected chi connectivity index (χ2v) is 8.32. The molecule has 0 bridgehead atoms. The first kappa shape index (κ1) is 23.8. The van der Waals surface area contributed by atoms with E-state index in [-0.39, 0.29) is 18.4 Å². The molecule has 1 saturated heterocycles. The van der Waals surface area contributed by atoms with Gasteiger partial charge in [0.1, 0.15) is 11.9 Å². The van der Waals surface area contributed by atoms with E-state index in [1.54, 1.807) is 24.4 Å². The van der Waals surface area contributed by atoms with Crippen LogP contribution in [0.1, 0.15) is 30.5 Å². The topological polar surface area (TPSA) is 134 Å². The molecule has 35 heavy (non-hydrogen) atoms. The van der Waals surface area contributed by atoms with Gasteiger partial charge in [-0.3, -0.25) is 19.4 Å². The van der Waals surface area contributed by atoms with Gasteiger partial charge >= 0.3 is 6.03 Å². The molecule has 3 atom stereocenters. The van der Waals surface area contributed by atoms with E-state index in [4.69, 9.17) is 5.73 Å². The third-order valence-corrected chi connectivity index (χ3v) is 6.08. The van der Waals surface area contributed by atoms with Crippen LogP contribution in [0.4, 0.5) is 16.6 Å². The van der Waals surface area contributed by atoms with Gasteiger partial charge in [-0.05, 0) is 42.2 Å². The van der Waals surface area contributed by atoms with Crippen molar-refractivity contribution in [2.24, 2.45) is 5.92 Å². The van der Waals surface area contributed by atoms with Crippen molar-refractivity contribution in [2.75, 3.05) is 17.7 Å². The smallest absolute Gasteiger partial charge is 0.325 e. The zero-order valence-electron chi connectivity index (χ0n) is 19.5. The molecule has 1 fully saturated rings. The predicted octanol–water partition coefficient (Wildman–Crippen LogP) is 2.35. The molecule has 0 unspecified atom stereocenters. The highest BCUT2D eigenvalue weighted by Crippen LogP contribution is 2.33. The third-order valence-electron chi connectivity index (χ3n) is 6.08. The van der Waals surface area contributed by atoms with E-state index in [1.165, 1.54) is 24.3 Å². The Morgan fingerprint density at radius 2 is 1.80 bits per heavy atom. The maximum absolute atomic E-state index is 13.5. The number of nitrogen functional groups attached to an aromatic ring is 1. The Hall–Kier alpha value is -4.34. The lowest BCUT2D eigenvalue weighted by atomic mass is 9.81. The SMILES string of the molecule is CC[C@@H](NC(=O)N1C(=O)[C@H](Cc2ccnc(N)c2)[C@H]1C(=O)N(C)c1ncccn1)c1ccccc1. The Balaban J connectivity index is 1.59. The number of hydrogen-bond acceptors (Lipinski definition) is 7. The minimum atomic E-state index is -1.01. The van der Waals surface area contributed by atoms with Gasteiger partial charge in [-0.2, -0.15) is 0 Å². The van der Waals surface area contributed by atoms with Crippen LogP contribution in [0, 0.1) is 5.92 Å². The fraction of sp³-hybridized carbons (Fsp3) is 0.280. The van der Waals surface area contributed by atoms with Crippen LogP contribution in [0.2, 0.25) is 0 Å². The Morgan fingerprint density at radius 3 is 2.46 bits per heavy atom. The van der Waals surface area contributed by atoms with Crippen LogP contribution >= 0.6 is 0 Å². The van der Waals surface area contributed by atoms with Gasteiger partial charge in [0.25, 0.3) is 5.91 Å². The average molecular weight is 474 g/mol. The van der Waals surface area contributed by atoms with Crippen LogP contribution in [0.25, 0.3) is 0 Å². The number of amides is 4. The van der Waals surface area contributed by atoms with Crippen molar-refractivity contribution in [1.82, 2.24) is 25.2 Å². The minimum Gasteiger partial charge on any atom is -0.384 e. The molecule has 0 saturated carbocycles. The van der Waals surface area contributed by atoms with Crippen LogP contribution in [0.3, 0.4) is 0 Å². The fourth-order valence-corrected chi connectivity index (χ4v) is 4.22. The molecule has 0 aliphatic carbocycles. The van der Waals surface area contributed by atoms with Crippen molar-refractivity contribution < 1.29 is 14.4 Å². The van der Waals surface area contributed by atoms with E-state index in [0.29, 0.717) is 12.2 Å². The number of carbonyl (C=O) groups is 3. The number of aromatic nitrogens is 3. The molecule has 3 heterocycles. The summed E-state index contributed by atoms with van der Waals surface area (Å²) in [4.78, 5) is 54.4. The van der Waals surface area contributed by atoms with Gasteiger partial charge in [-0.15, -0.1) is 0 Å². The number of imide groups is 1. The monoisotopic (exact) mass is 473 g/mol. The summed E-state index contributed by atoms with van der Waals surface area (Å²) < 4.78 is 0. The van der Waals surface area contributed by atoms with Crippen molar-refractivity contribution in [3.8, 4) is 0 Å². The summed E-state index contributed by atoms with van der Waals surface area (Å²) in [7, 11) is 1.52. The highest BCUT2D eigenvalue weighted by molar-refractivity contribution is 6.12. The Kier molecular flexibility index (Phi) is 7.00. The van der Waals surface area contributed by atoms with Gasteiger partial charge in [0.2, 0.25) is 11.9 Å². The summed E-state index contributed by atoms with van der Waals surface area (Å²) in [5.41, 5.74) is 7.45. The predicted molar refractivity (Wildman–Crippen MR) is 130 cm³/mol. The molecular formula is C25H27N7O3. The third kappa shape index (κ3) is 4.96. The van der Waals surface area contributed by atoms with E-state index in [9.17, 15) is 14.4 Å². The summed E-state index contributed by atoms with van der Waals surface area (Å²) in [6.07, 6.45) is 5.45. The first-order valence-electron chi connectivity index (χ1n) is 11.3. The molecule has 1 aliphatic rings. The van der Waals surface area contributed by atoms with Crippen LogP contribution in [0.5, 0.6) is 0 Å². The second kappa shape index (κ2) is 10.3. The molecule has 10 nitrogen and oxygen atoms in total. The highest BCUT2D eigenvalue weighted by atomic mass is 16.2. The molecule has 4 rings (SSSR count). The Morgan fingerprint density at radius 1 is 1.09 bits per heavy atom. The molecule has 10 heteroatoms. The normalized spacial score (nSPS) is 17.9. The number of urea groups is 1. The zero-order chi connectivity index (χ0) is 24.9. The fourth-order valence-electron chi connectivity index (χ4n) is 4.22. The maximum atomic E-state index is 13.5. The molecule has 0 spiro atoms. The lowest BCUT2D eigenvalue weighted by molar-refractivity contribution is -0.156. The number of pyridine rings is 1. The number of benzene rings is 1. The molecule has 0 radical (unpaired) electrons. The first-order chi connectivity index (χ1) is 16.9. The summed E-state index contributed by atoms with van der Waals surface area (Å²) >= 11 is 0. The van der Waals surface area contributed by atoms with Crippen LogP contribution < -0.4 is 16.0 Å². The summed E-state index contributed by atoms with van der Waals surface area (Å²) in [6.45, 7) is 1.94. The lowest BCUT2D eigenvalue weighted by Gasteiger charge is -2.45. The Bertz CT molecular complexity index is 1210. The maximum Gasteiger partial charge on any atom is 0.325 e. The number of hydrogen-bond donors (Lipinski definition) is 2. The molecular weight excluding hydrogens is 446 g/mol. The average Bonchev–Trinajstić information content (AvgIpc) is 2.89. The molecule has 3 N–H and O–H groups in total. The second-order valence-electron chi connectivity index (χ2n) is 8.32. The van der Waals surface area contributed by atoms with E-state index in [2.05, 4.69) is 20.3 Å². The van der Waals surface area contributed by atoms with Crippen LogP contribution in [-0.2, 0) is 16.0 Å². The van der Waals surface area contributed by atoms with Gasteiger partial charge in [0.05, 0.1) is 12.0 Å². The van der Waals surface area contributed by atoms with Crippen molar-refractivity contribution in [3.63, 3.8) is 0 Å².